The van der Waals surface area contributed by atoms with Crippen LogP contribution in [0.4, 0.5) is 0 Å². The lowest BCUT2D eigenvalue weighted by molar-refractivity contribution is -0.120. The van der Waals surface area contributed by atoms with Crippen molar-refractivity contribution in [1.82, 2.24) is 5.32 Å². The minimum atomic E-state index is -0.106. The first kappa shape index (κ1) is 23.4. The number of fused-ring (bicyclic) bond motifs is 5. The summed E-state index contributed by atoms with van der Waals surface area (Å²) in [5.41, 5.74) is 4.90. The van der Waals surface area contributed by atoms with Gasteiger partial charge in [-0.1, -0.05) is 44.4 Å². The van der Waals surface area contributed by atoms with E-state index in [-0.39, 0.29) is 11.4 Å². The second-order valence-electron chi connectivity index (χ2n) is 11.9. The third-order valence-electron chi connectivity index (χ3n) is 9.09. The quantitative estimate of drug-likeness (QED) is 0.360. The highest BCUT2D eigenvalue weighted by molar-refractivity contribution is 5.73. The van der Waals surface area contributed by atoms with Crippen LogP contribution in [0.15, 0.2) is 29.8 Å². The van der Waals surface area contributed by atoms with E-state index in [9.17, 15) is 9.90 Å². The summed E-state index contributed by atoms with van der Waals surface area (Å²) in [6.07, 6.45) is 13.5. The fraction of sp³-hybridized carbons (Fsp3) is 0.690. The Kier molecular flexibility index (Phi) is 6.49. The van der Waals surface area contributed by atoms with E-state index in [0.29, 0.717) is 23.0 Å². The Labute approximate surface area is 195 Å². The number of unbranched alkanes of at least 4 members (excludes halogenated alkanes) is 1. The highest BCUT2D eigenvalue weighted by atomic mass is 16.3. The molecule has 1 aromatic carbocycles. The number of benzene rings is 1. The smallest absolute Gasteiger partial charge is 0.217 e. The molecule has 1 amide bonds. The number of aryl methyl sites for hydroxylation is 1. The molecule has 3 aliphatic carbocycles. The van der Waals surface area contributed by atoms with E-state index in [1.54, 1.807) is 12.5 Å². The van der Waals surface area contributed by atoms with Gasteiger partial charge in [0.15, 0.2) is 0 Å². The number of hydrogen-bond acceptors (Lipinski definition) is 2. The number of aromatic hydroxyl groups is 1. The molecule has 3 heteroatoms. The monoisotopic (exact) mass is 437 g/mol. The molecular formula is C29H43NO2. The van der Waals surface area contributed by atoms with Crippen LogP contribution >= 0.6 is 0 Å². The SMILES string of the molecule is CC(=O)NC(C)(C)CCCCC(C)C1=CC[C@H]2[C@@H]3CCc4cc(O)ccc4[C@H]3CC[C@]12C. The summed E-state index contributed by atoms with van der Waals surface area (Å²) in [5, 5.41) is 13.0. The van der Waals surface area contributed by atoms with E-state index in [2.05, 4.69) is 45.2 Å². The van der Waals surface area contributed by atoms with Gasteiger partial charge >= 0.3 is 0 Å². The lowest BCUT2D eigenvalue weighted by Crippen LogP contribution is -2.42. The van der Waals surface area contributed by atoms with Crippen LogP contribution in [-0.2, 0) is 11.2 Å². The molecule has 3 aliphatic rings. The number of phenols is 1. The van der Waals surface area contributed by atoms with Gasteiger partial charge < -0.3 is 10.4 Å². The molecule has 1 fully saturated rings. The van der Waals surface area contributed by atoms with Crippen molar-refractivity contribution in [2.24, 2.45) is 23.2 Å². The van der Waals surface area contributed by atoms with Crippen molar-refractivity contribution in [1.29, 1.82) is 0 Å². The van der Waals surface area contributed by atoms with Crippen molar-refractivity contribution >= 4 is 5.91 Å². The van der Waals surface area contributed by atoms with Crippen molar-refractivity contribution in [2.45, 2.75) is 104 Å². The number of carbonyl (C=O) groups excluding carboxylic acids is 1. The maximum atomic E-state index is 11.4. The fourth-order valence-electron chi connectivity index (χ4n) is 7.65. The maximum Gasteiger partial charge on any atom is 0.217 e. The molecule has 32 heavy (non-hydrogen) atoms. The number of allylic oxidation sites excluding steroid dienone is 2. The summed E-state index contributed by atoms with van der Waals surface area (Å²) in [6, 6.07) is 6.11. The first-order valence-electron chi connectivity index (χ1n) is 12.9. The number of carbonyl (C=O) groups is 1. The van der Waals surface area contributed by atoms with Gasteiger partial charge in [0.05, 0.1) is 0 Å². The molecule has 0 radical (unpaired) electrons. The van der Waals surface area contributed by atoms with E-state index in [4.69, 9.17) is 0 Å². The first-order valence-corrected chi connectivity index (χ1v) is 12.9. The van der Waals surface area contributed by atoms with Gasteiger partial charge in [-0.15, -0.1) is 0 Å². The Morgan fingerprint density at radius 3 is 2.81 bits per heavy atom. The minimum absolute atomic E-state index is 0.0659. The Morgan fingerprint density at radius 1 is 1.28 bits per heavy atom. The zero-order chi connectivity index (χ0) is 23.1. The van der Waals surface area contributed by atoms with Crippen molar-refractivity contribution in [3.8, 4) is 5.75 Å². The molecule has 3 nitrogen and oxygen atoms in total. The average molecular weight is 438 g/mol. The summed E-state index contributed by atoms with van der Waals surface area (Å²) >= 11 is 0. The number of phenolic OH excluding ortho intramolecular Hbond substituents is 1. The second-order valence-corrected chi connectivity index (χ2v) is 11.9. The Balaban J connectivity index is 1.36. The fourth-order valence-corrected chi connectivity index (χ4v) is 7.65. The molecule has 0 aliphatic heterocycles. The predicted molar refractivity (Wildman–Crippen MR) is 132 cm³/mol. The largest absolute Gasteiger partial charge is 0.508 e. The Morgan fingerprint density at radius 2 is 2.06 bits per heavy atom. The topological polar surface area (TPSA) is 49.3 Å². The summed E-state index contributed by atoms with van der Waals surface area (Å²) in [6.45, 7) is 10.9. The highest BCUT2D eigenvalue weighted by Gasteiger charge is 2.52. The number of nitrogens with one attached hydrogen (secondary N) is 1. The van der Waals surface area contributed by atoms with E-state index in [1.165, 1.54) is 56.1 Å². The van der Waals surface area contributed by atoms with Crippen LogP contribution in [0.3, 0.4) is 0 Å². The van der Waals surface area contributed by atoms with E-state index in [0.717, 1.165) is 24.7 Å². The van der Waals surface area contributed by atoms with Gasteiger partial charge in [0.1, 0.15) is 5.75 Å². The van der Waals surface area contributed by atoms with Crippen LogP contribution in [0.2, 0.25) is 0 Å². The van der Waals surface area contributed by atoms with Crippen LogP contribution in [-0.4, -0.2) is 16.6 Å². The van der Waals surface area contributed by atoms with Crippen molar-refractivity contribution in [2.75, 3.05) is 0 Å². The number of hydrogen-bond donors (Lipinski definition) is 2. The molecular weight excluding hydrogens is 394 g/mol. The maximum absolute atomic E-state index is 11.4. The van der Waals surface area contributed by atoms with Crippen LogP contribution < -0.4 is 5.32 Å². The molecule has 0 spiro atoms. The molecule has 0 aromatic heterocycles. The van der Waals surface area contributed by atoms with Crippen LogP contribution in [0.25, 0.3) is 0 Å². The second kappa shape index (κ2) is 8.88. The van der Waals surface area contributed by atoms with Gasteiger partial charge in [0, 0.05) is 12.5 Å². The molecule has 0 bridgehead atoms. The van der Waals surface area contributed by atoms with Crippen LogP contribution in [0, 0.1) is 23.2 Å². The van der Waals surface area contributed by atoms with Crippen molar-refractivity contribution < 1.29 is 9.90 Å². The molecule has 0 saturated heterocycles. The Hall–Kier alpha value is -1.77. The summed E-state index contributed by atoms with van der Waals surface area (Å²) in [7, 11) is 0. The first-order chi connectivity index (χ1) is 15.1. The molecule has 1 unspecified atom stereocenters. The van der Waals surface area contributed by atoms with Crippen molar-refractivity contribution in [3.05, 3.63) is 41.0 Å². The molecule has 4 rings (SSSR count). The lowest BCUT2D eigenvalue weighted by Gasteiger charge is -2.51. The standard InChI is InChI=1S/C29H43NO2/c1-19(8-6-7-16-28(3,4)30-20(2)31)26-13-14-27-25-11-9-21-18-22(32)10-12-23(21)24(25)15-17-29(26,27)5/h10,12-13,18-19,24-25,27,32H,6-9,11,14-17H2,1-5H3,(H,30,31)/t19?,24-,25-,27+,29-/m1/s1. The summed E-state index contributed by atoms with van der Waals surface area (Å²) < 4.78 is 0. The molecule has 0 heterocycles. The van der Waals surface area contributed by atoms with Gasteiger partial charge in [0.2, 0.25) is 5.91 Å². The normalized spacial score (nSPS) is 30.0. The van der Waals surface area contributed by atoms with Gasteiger partial charge in [0.25, 0.3) is 0 Å². The molecule has 5 atom stereocenters. The lowest BCUT2D eigenvalue weighted by atomic mass is 9.53. The summed E-state index contributed by atoms with van der Waals surface area (Å²) in [5.74, 6) is 3.37. The predicted octanol–water partition coefficient (Wildman–Crippen LogP) is 6.90. The number of rotatable bonds is 7. The van der Waals surface area contributed by atoms with E-state index < -0.39 is 0 Å². The van der Waals surface area contributed by atoms with Crippen molar-refractivity contribution in [3.63, 3.8) is 0 Å². The highest BCUT2D eigenvalue weighted by Crippen LogP contribution is 2.62. The third-order valence-corrected chi connectivity index (χ3v) is 9.09. The zero-order valence-corrected chi connectivity index (χ0v) is 20.8. The zero-order valence-electron chi connectivity index (χ0n) is 20.8. The van der Waals surface area contributed by atoms with Gasteiger partial charge in [-0.25, -0.2) is 0 Å². The third kappa shape index (κ3) is 4.50. The Bertz CT molecular complexity index is 885. The minimum Gasteiger partial charge on any atom is -0.508 e. The summed E-state index contributed by atoms with van der Waals surface area (Å²) in [4.78, 5) is 11.4. The average Bonchev–Trinajstić information content (AvgIpc) is 3.07. The molecule has 2 N–H and O–H groups in total. The van der Waals surface area contributed by atoms with Gasteiger partial charge in [-0.3, -0.25) is 4.79 Å². The van der Waals surface area contributed by atoms with Gasteiger partial charge in [-0.2, -0.15) is 0 Å². The van der Waals surface area contributed by atoms with Crippen LogP contribution in [0.1, 0.15) is 103 Å². The molecule has 176 valence electrons. The van der Waals surface area contributed by atoms with E-state index in [1.807, 2.05) is 12.1 Å². The van der Waals surface area contributed by atoms with E-state index >= 15 is 0 Å². The molecule has 1 aromatic rings. The van der Waals surface area contributed by atoms with Crippen LogP contribution in [0.5, 0.6) is 5.75 Å². The molecule has 1 saturated carbocycles. The van der Waals surface area contributed by atoms with Gasteiger partial charge in [-0.05, 0) is 111 Å². The number of amides is 1.